The number of fused-ring (bicyclic) bond motifs is 1. The second kappa shape index (κ2) is 8.05. The summed E-state index contributed by atoms with van der Waals surface area (Å²) >= 11 is 13.0. The summed E-state index contributed by atoms with van der Waals surface area (Å²) in [4.78, 5) is 46.5. The summed E-state index contributed by atoms with van der Waals surface area (Å²) in [6.45, 7) is 0. The Morgan fingerprint density at radius 2 is 1.90 bits per heavy atom. The number of benzene rings is 1. The molecule has 2 heterocycles. The molecule has 11 heteroatoms. The standard InChI is InChI=1S/C19H17Cl2N5O3S/c1-25-16-14(18(28)26(2)19(25)29)17(24-15(23-16)9-3-4-9)30-8-13(27)22-10-5-6-11(20)12(21)7-10/h5-7,9H,3-4,8H2,1-2H3,(H,22,27). The number of hydrogen-bond acceptors (Lipinski definition) is 6. The molecule has 0 spiro atoms. The highest BCUT2D eigenvalue weighted by Gasteiger charge is 2.29. The maximum absolute atomic E-state index is 12.8. The van der Waals surface area contributed by atoms with E-state index in [1.165, 1.54) is 11.6 Å². The fourth-order valence-corrected chi connectivity index (χ4v) is 4.10. The van der Waals surface area contributed by atoms with Crippen LogP contribution in [0.5, 0.6) is 0 Å². The molecule has 8 nitrogen and oxygen atoms in total. The first-order chi connectivity index (χ1) is 14.3. The summed E-state index contributed by atoms with van der Waals surface area (Å²) in [5.41, 5.74) is -0.143. The van der Waals surface area contributed by atoms with Crippen LogP contribution in [0, 0.1) is 0 Å². The molecule has 156 valence electrons. The monoisotopic (exact) mass is 465 g/mol. The van der Waals surface area contributed by atoms with E-state index in [0.29, 0.717) is 26.6 Å². The lowest BCUT2D eigenvalue weighted by Gasteiger charge is -2.12. The van der Waals surface area contributed by atoms with Gasteiger partial charge in [0.05, 0.1) is 15.8 Å². The first-order valence-corrected chi connectivity index (χ1v) is 10.9. The minimum Gasteiger partial charge on any atom is -0.325 e. The Hall–Kier alpha value is -2.36. The molecule has 0 saturated heterocycles. The summed E-state index contributed by atoms with van der Waals surface area (Å²) < 4.78 is 2.35. The number of nitrogens with one attached hydrogen (secondary N) is 1. The number of rotatable bonds is 5. The molecule has 0 unspecified atom stereocenters. The highest BCUT2D eigenvalue weighted by Crippen LogP contribution is 2.39. The minimum absolute atomic E-state index is 0.0163. The van der Waals surface area contributed by atoms with Gasteiger partial charge in [-0.15, -0.1) is 0 Å². The number of anilines is 1. The number of thioether (sulfide) groups is 1. The smallest absolute Gasteiger partial charge is 0.325 e. The average molecular weight is 466 g/mol. The second-order valence-corrected chi connectivity index (χ2v) is 8.81. The molecule has 0 atom stereocenters. The number of amides is 1. The van der Waals surface area contributed by atoms with Crippen LogP contribution in [0.1, 0.15) is 24.6 Å². The van der Waals surface area contributed by atoms with Crippen molar-refractivity contribution in [3.8, 4) is 0 Å². The summed E-state index contributed by atoms with van der Waals surface area (Å²) in [5, 5.41) is 4.09. The van der Waals surface area contributed by atoms with Crippen LogP contribution in [0.4, 0.5) is 5.69 Å². The average Bonchev–Trinajstić information content (AvgIpc) is 3.56. The zero-order valence-electron chi connectivity index (χ0n) is 16.1. The van der Waals surface area contributed by atoms with Crippen molar-refractivity contribution in [2.45, 2.75) is 23.8 Å². The molecule has 1 aliphatic rings. The van der Waals surface area contributed by atoms with E-state index in [-0.39, 0.29) is 28.6 Å². The number of carbonyl (C=O) groups excluding carboxylic acids is 1. The Balaban J connectivity index is 1.66. The van der Waals surface area contributed by atoms with Crippen LogP contribution >= 0.6 is 35.0 Å². The summed E-state index contributed by atoms with van der Waals surface area (Å²) in [6, 6.07) is 4.80. The van der Waals surface area contributed by atoms with Gasteiger partial charge in [0.2, 0.25) is 5.91 Å². The van der Waals surface area contributed by atoms with E-state index in [2.05, 4.69) is 15.3 Å². The largest absolute Gasteiger partial charge is 0.332 e. The van der Waals surface area contributed by atoms with E-state index < -0.39 is 11.2 Å². The van der Waals surface area contributed by atoms with Crippen molar-refractivity contribution in [3.05, 3.63) is 54.9 Å². The maximum atomic E-state index is 12.8. The molecule has 0 aliphatic heterocycles. The lowest BCUT2D eigenvalue weighted by atomic mass is 10.3. The van der Waals surface area contributed by atoms with Gasteiger partial charge < -0.3 is 5.32 Å². The van der Waals surface area contributed by atoms with E-state index in [4.69, 9.17) is 23.2 Å². The van der Waals surface area contributed by atoms with Crippen molar-refractivity contribution in [1.82, 2.24) is 19.1 Å². The molecule has 1 amide bonds. The molecule has 0 radical (unpaired) electrons. The molecule has 2 aromatic heterocycles. The number of hydrogen-bond donors (Lipinski definition) is 1. The lowest BCUT2D eigenvalue weighted by Crippen LogP contribution is -2.37. The van der Waals surface area contributed by atoms with Gasteiger partial charge in [0.1, 0.15) is 16.2 Å². The molecule has 1 fully saturated rings. The molecule has 0 bridgehead atoms. The molecule has 3 aromatic rings. The highest BCUT2D eigenvalue weighted by molar-refractivity contribution is 8.00. The normalized spacial score (nSPS) is 13.6. The van der Waals surface area contributed by atoms with Crippen LogP contribution in [0.2, 0.25) is 10.0 Å². The fraction of sp³-hybridized carbons (Fsp3) is 0.316. The van der Waals surface area contributed by atoms with Crippen molar-refractivity contribution in [1.29, 1.82) is 0 Å². The summed E-state index contributed by atoms with van der Waals surface area (Å²) in [6.07, 6.45) is 1.93. The van der Waals surface area contributed by atoms with Gasteiger partial charge in [0, 0.05) is 25.7 Å². The van der Waals surface area contributed by atoms with Gasteiger partial charge in [-0.2, -0.15) is 0 Å². The van der Waals surface area contributed by atoms with Crippen molar-refractivity contribution in [2.75, 3.05) is 11.1 Å². The van der Waals surface area contributed by atoms with Gasteiger partial charge in [0.25, 0.3) is 5.56 Å². The number of aryl methyl sites for hydroxylation is 1. The quantitative estimate of drug-likeness (QED) is 0.459. The Bertz CT molecular complexity index is 1300. The van der Waals surface area contributed by atoms with Gasteiger partial charge in [-0.3, -0.25) is 18.7 Å². The molecule has 1 aliphatic carbocycles. The van der Waals surface area contributed by atoms with Gasteiger partial charge >= 0.3 is 5.69 Å². The van der Waals surface area contributed by atoms with Crippen LogP contribution in [-0.4, -0.2) is 30.8 Å². The predicted molar refractivity (Wildman–Crippen MR) is 118 cm³/mol. The molecular weight excluding hydrogens is 449 g/mol. The van der Waals surface area contributed by atoms with Gasteiger partial charge in [0.15, 0.2) is 5.65 Å². The third-order valence-corrected chi connectivity index (χ3v) is 6.48. The molecule has 1 N–H and O–H groups in total. The number of nitrogens with zero attached hydrogens (tertiary/aromatic N) is 4. The molecule has 4 rings (SSSR count). The van der Waals surface area contributed by atoms with Gasteiger partial charge in [-0.05, 0) is 31.0 Å². The Morgan fingerprint density at radius 1 is 1.17 bits per heavy atom. The van der Waals surface area contributed by atoms with Crippen LogP contribution in [-0.2, 0) is 18.9 Å². The van der Waals surface area contributed by atoms with Crippen molar-refractivity contribution in [3.63, 3.8) is 0 Å². The molecule has 1 saturated carbocycles. The lowest BCUT2D eigenvalue weighted by molar-refractivity contribution is -0.113. The van der Waals surface area contributed by atoms with E-state index in [1.807, 2.05) is 0 Å². The summed E-state index contributed by atoms with van der Waals surface area (Å²) in [5.74, 6) is 0.540. The number of aromatic nitrogens is 4. The molecule has 1 aromatic carbocycles. The maximum Gasteiger partial charge on any atom is 0.332 e. The van der Waals surface area contributed by atoms with Gasteiger partial charge in [-0.25, -0.2) is 14.8 Å². The fourth-order valence-electron chi connectivity index (χ4n) is 2.98. The van der Waals surface area contributed by atoms with Crippen molar-refractivity contribution < 1.29 is 4.79 Å². The first kappa shape index (κ1) is 20.9. The van der Waals surface area contributed by atoms with Crippen LogP contribution < -0.4 is 16.6 Å². The van der Waals surface area contributed by atoms with E-state index in [9.17, 15) is 14.4 Å². The summed E-state index contributed by atoms with van der Waals surface area (Å²) in [7, 11) is 2.98. The van der Waals surface area contributed by atoms with E-state index in [0.717, 1.165) is 29.2 Å². The third kappa shape index (κ3) is 3.97. The van der Waals surface area contributed by atoms with Crippen LogP contribution in [0.25, 0.3) is 11.0 Å². The zero-order chi connectivity index (χ0) is 21.6. The van der Waals surface area contributed by atoms with E-state index in [1.54, 1.807) is 25.2 Å². The number of carbonyl (C=O) groups is 1. The third-order valence-electron chi connectivity index (χ3n) is 4.77. The Labute approximate surface area is 185 Å². The minimum atomic E-state index is -0.483. The topological polar surface area (TPSA) is 98.9 Å². The second-order valence-electron chi connectivity index (χ2n) is 7.03. The van der Waals surface area contributed by atoms with Crippen molar-refractivity contribution in [2.24, 2.45) is 14.1 Å². The number of halogens is 2. The first-order valence-electron chi connectivity index (χ1n) is 9.11. The van der Waals surface area contributed by atoms with Crippen LogP contribution in [0.3, 0.4) is 0 Å². The zero-order valence-corrected chi connectivity index (χ0v) is 18.4. The molecule has 30 heavy (non-hydrogen) atoms. The van der Waals surface area contributed by atoms with E-state index >= 15 is 0 Å². The highest BCUT2D eigenvalue weighted by atomic mass is 35.5. The Kier molecular flexibility index (Phi) is 5.61. The van der Waals surface area contributed by atoms with Crippen molar-refractivity contribution >= 4 is 57.6 Å². The predicted octanol–water partition coefficient (Wildman–Crippen LogP) is 2.94. The van der Waals surface area contributed by atoms with Crippen LogP contribution in [0.15, 0.2) is 32.8 Å². The van der Waals surface area contributed by atoms with Gasteiger partial charge in [-0.1, -0.05) is 35.0 Å². The SMILES string of the molecule is Cn1c(=O)c2c(SCC(=O)Nc3ccc(Cl)c(Cl)c3)nc(C3CC3)nc2n(C)c1=O. The Morgan fingerprint density at radius 3 is 2.57 bits per heavy atom. The molecular formula is C19H17Cl2N5O3S.